The van der Waals surface area contributed by atoms with Crippen LogP contribution >= 0.6 is 11.3 Å². The van der Waals surface area contributed by atoms with Crippen molar-refractivity contribution in [3.8, 4) is 0 Å². The maximum absolute atomic E-state index is 13.0. The number of anilines is 1. The van der Waals surface area contributed by atoms with E-state index in [1.807, 2.05) is 39.8 Å². The fourth-order valence-electron chi connectivity index (χ4n) is 3.17. The summed E-state index contributed by atoms with van der Waals surface area (Å²) >= 11 is 1.27. The number of nitrogens with zero attached hydrogens (tertiary/aromatic N) is 2. The Morgan fingerprint density at radius 1 is 1.03 bits per heavy atom. The molecule has 0 unspecified atom stereocenters. The highest BCUT2D eigenvalue weighted by Gasteiger charge is 2.24. The van der Waals surface area contributed by atoms with Gasteiger partial charge >= 0.3 is 0 Å². The van der Waals surface area contributed by atoms with E-state index in [2.05, 4.69) is 10.3 Å². The lowest BCUT2D eigenvalue weighted by Gasteiger charge is -2.20. The van der Waals surface area contributed by atoms with Crippen LogP contribution in [0.15, 0.2) is 41.3 Å². The van der Waals surface area contributed by atoms with Crippen LogP contribution in [0.4, 0.5) is 5.13 Å². The second-order valence-electron chi connectivity index (χ2n) is 7.31. The SMILES string of the molecule is CCCN(CCC)S(=O)(=O)c1ccc2nc(NC(=O)c3ccc(C)c(C)c3)sc2c1. The van der Waals surface area contributed by atoms with Crippen LogP contribution in [0, 0.1) is 13.8 Å². The molecule has 0 aliphatic heterocycles. The molecule has 0 bridgehead atoms. The Kier molecular flexibility index (Phi) is 6.90. The summed E-state index contributed by atoms with van der Waals surface area (Å²) in [5, 5.41) is 3.27. The van der Waals surface area contributed by atoms with Gasteiger partial charge in [0.05, 0.1) is 15.1 Å². The van der Waals surface area contributed by atoms with Crippen LogP contribution < -0.4 is 5.32 Å². The lowest BCUT2D eigenvalue weighted by Crippen LogP contribution is -2.32. The lowest BCUT2D eigenvalue weighted by atomic mass is 10.1. The Balaban J connectivity index is 1.86. The minimum atomic E-state index is -3.56. The molecule has 0 radical (unpaired) electrons. The smallest absolute Gasteiger partial charge is 0.257 e. The fourth-order valence-corrected chi connectivity index (χ4v) is 5.80. The molecule has 160 valence electrons. The number of carbonyl (C=O) groups excluding carboxylic acids is 1. The van der Waals surface area contributed by atoms with Gasteiger partial charge in [0.1, 0.15) is 0 Å². The highest BCUT2D eigenvalue weighted by atomic mass is 32.2. The number of hydrogen-bond acceptors (Lipinski definition) is 5. The van der Waals surface area contributed by atoms with Gasteiger partial charge in [0.15, 0.2) is 5.13 Å². The number of fused-ring (bicyclic) bond motifs is 1. The number of benzene rings is 2. The van der Waals surface area contributed by atoms with Crippen LogP contribution in [0.25, 0.3) is 10.2 Å². The van der Waals surface area contributed by atoms with E-state index in [1.165, 1.54) is 15.6 Å². The maximum atomic E-state index is 13.0. The molecule has 0 fully saturated rings. The average Bonchev–Trinajstić information content (AvgIpc) is 3.11. The summed E-state index contributed by atoms with van der Waals surface area (Å²) in [7, 11) is -3.56. The summed E-state index contributed by atoms with van der Waals surface area (Å²) in [6.07, 6.45) is 1.52. The van der Waals surface area contributed by atoms with Gasteiger partial charge in [0.2, 0.25) is 10.0 Å². The van der Waals surface area contributed by atoms with Crippen molar-refractivity contribution in [2.24, 2.45) is 0 Å². The first-order valence-corrected chi connectivity index (χ1v) is 12.3. The molecule has 0 spiro atoms. The van der Waals surface area contributed by atoms with Gasteiger partial charge in [-0.15, -0.1) is 0 Å². The van der Waals surface area contributed by atoms with E-state index in [4.69, 9.17) is 0 Å². The quantitative estimate of drug-likeness (QED) is 0.530. The van der Waals surface area contributed by atoms with Crippen LogP contribution in [-0.4, -0.2) is 36.7 Å². The summed E-state index contributed by atoms with van der Waals surface area (Å²) in [5.74, 6) is -0.234. The highest BCUT2D eigenvalue weighted by molar-refractivity contribution is 7.89. The Hall–Kier alpha value is -2.29. The third-order valence-corrected chi connectivity index (χ3v) is 7.76. The molecule has 3 aromatic rings. The summed E-state index contributed by atoms with van der Waals surface area (Å²) in [5.41, 5.74) is 3.40. The summed E-state index contributed by atoms with van der Waals surface area (Å²) in [4.78, 5) is 17.3. The van der Waals surface area contributed by atoms with E-state index in [-0.39, 0.29) is 10.8 Å². The molecule has 0 atom stereocenters. The molecule has 1 aromatic heterocycles. The van der Waals surface area contributed by atoms with Crippen LogP contribution in [-0.2, 0) is 10.0 Å². The van der Waals surface area contributed by atoms with Crippen molar-refractivity contribution in [3.63, 3.8) is 0 Å². The second-order valence-corrected chi connectivity index (χ2v) is 10.3. The summed E-state index contributed by atoms with van der Waals surface area (Å²) in [6.45, 7) is 8.89. The average molecular weight is 446 g/mol. The van der Waals surface area contributed by atoms with E-state index < -0.39 is 10.0 Å². The third-order valence-electron chi connectivity index (χ3n) is 4.93. The van der Waals surface area contributed by atoms with Crippen LogP contribution in [0.3, 0.4) is 0 Å². The van der Waals surface area contributed by atoms with Crippen molar-refractivity contribution >= 4 is 42.6 Å². The third kappa shape index (κ3) is 4.71. The van der Waals surface area contributed by atoms with Gasteiger partial charge in [-0.1, -0.05) is 31.3 Å². The van der Waals surface area contributed by atoms with Crippen LogP contribution in [0.1, 0.15) is 48.2 Å². The number of aromatic nitrogens is 1. The van der Waals surface area contributed by atoms with Gasteiger partial charge in [0, 0.05) is 18.7 Å². The minimum Gasteiger partial charge on any atom is -0.298 e. The van der Waals surface area contributed by atoms with Gasteiger partial charge in [-0.3, -0.25) is 10.1 Å². The Labute approximate surface area is 182 Å². The van der Waals surface area contributed by atoms with E-state index in [0.717, 1.165) is 28.7 Å². The minimum absolute atomic E-state index is 0.234. The second kappa shape index (κ2) is 9.24. The van der Waals surface area contributed by atoms with Crippen molar-refractivity contribution < 1.29 is 13.2 Å². The number of sulfonamides is 1. The van der Waals surface area contributed by atoms with Gasteiger partial charge < -0.3 is 0 Å². The molecule has 0 aliphatic rings. The fraction of sp³-hybridized carbons (Fsp3) is 0.364. The highest BCUT2D eigenvalue weighted by Crippen LogP contribution is 2.29. The molecule has 8 heteroatoms. The number of rotatable bonds is 8. The zero-order valence-corrected chi connectivity index (χ0v) is 19.4. The predicted molar refractivity (Wildman–Crippen MR) is 123 cm³/mol. The van der Waals surface area contributed by atoms with Crippen molar-refractivity contribution in [1.82, 2.24) is 9.29 Å². The van der Waals surface area contributed by atoms with E-state index >= 15 is 0 Å². The Morgan fingerprint density at radius 3 is 2.37 bits per heavy atom. The summed E-state index contributed by atoms with van der Waals surface area (Å²) in [6, 6.07) is 10.5. The number of thiazole rings is 1. The zero-order chi connectivity index (χ0) is 21.9. The van der Waals surface area contributed by atoms with Gasteiger partial charge in [-0.25, -0.2) is 13.4 Å². The van der Waals surface area contributed by atoms with Crippen molar-refractivity contribution in [3.05, 3.63) is 53.1 Å². The molecular weight excluding hydrogens is 418 g/mol. The van der Waals surface area contributed by atoms with E-state index in [1.54, 1.807) is 24.3 Å². The first kappa shape index (κ1) is 22.4. The van der Waals surface area contributed by atoms with E-state index in [0.29, 0.717) is 29.3 Å². The molecule has 30 heavy (non-hydrogen) atoms. The molecule has 0 saturated heterocycles. The van der Waals surface area contributed by atoms with Crippen molar-refractivity contribution in [2.45, 2.75) is 45.4 Å². The number of carbonyl (C=O) groups is 1. The summed E-state index contributed by atoms with van der Waals surface area (Å²) < 4.78 is 28.3. The van der Waals surface area contributed by atoms with Crippen molar-refractivity contribution in [2.75, 3.05) is 18.4 Å². The van der Waals surface area contributed by atoms with E-state index in [9.17, 15) is 13.2 Å². The molecule has 3 rings (SSSR count). The molecule has 0 aliphatic carbocycles. The standard InChI is InChI=1S/C22H27N3O3S2/c1-5-11-25(12-6-2)30(27,28)18-9-10-19-20(14-18)29-22(23-19)24-21(26)17-8-7-15(3)16(4)13-17/h7-10,13-14H,5-6,11-12H2,1-4H3,(H,23,24,26). The molecule has 1 heterocycles. The Morgan fingerprint density at radius 2 is 1.73 bits per heavy atom. The lowest BCUT2D eigenvalue weighted by molar-refractivity contribution is 0.102. The molecule has 1 N–H and O–H groups in total. The molecule has 1 amide bonds. The van der Waals surface area contributed by atoms with Crippen LogP contribution in [0.2, 0.25) is 0 Å². The number of amides is 1. The zero-order valence-electron chi connectivity index (χ0n) is 17.7. The molecule has 6 nitrogen and oxygen atoms in total. The number of hydrogen-bond donors (Lipinski definition) is 1. The molecule has 2 aromatic carbocycles. The first-order chi connectivity index (χ1) is 14.3. The predicted octanol–water partition coefficient (Wildman–Crippen LogP) is 4.98. The largest absolute Gasteiger partial charge is 0.298 e. The Bertz CT molecular complexity index is 1160. The molecular formula is C22H27N3O3S2. The maximum Gasteiger partial charge on any atom is 0.257 e. The van der Waals surface area contributed by atoms with Gasteiger partial charge in [-0.2, -0.15) is 4.31 Å². The van der Waals surface area contributed by atoms with Crippen molar-refractivity contribution in [1.29, 1.82) is 0 Å². The number of aryl methyl sites for hydroxylation is 2. The normalized spacial score (nSPS) is 11.9. The molecule has 0 saturated carbocycles. The monoisotopic (exact) mass is 445 g/mol. The first-order valence-electron chi connectivity index (χ1n) is 10.1. The topological polar surface area (TPSA) is 79.4 Å². The van der Waals surface area contributed by atoms with Crippen LogP contribution in [0.5, 0.6) is 0 Å². The van der Waals surface area contributed by atoms with Gasteiger partial charge in [0.25, 0.3) is 5.91 Å². The van der Waals surface area contributed by atoms with Gasteiger partial charge in [-0.05, 0) is 68.1 Å². The number of nitrogens with one attached hydrogen (secondary N) is 1.